The molecule has 1 aliphatic carbocycles. The molecule has 0 aromatic carbocycles. The lowest BCUT2D eigenvalue weighted by molar-refractivity contribution is -0.221. The van der Waals surface area contributed by atoms with Crippen molar-refractivity contribution in [3.63, 3.8) is 0 Å². The Morgan fingerprint density at radius 1 is 1.16 bits per heavy atom. The lowest BCUT2D eigenvalue weighted by Crippen LogP contribution is -2.77. The summed E-state index contributed by atoms with van der Waals surface area (Å²) in [7, 11) is -1.47. The van der Waals surface area contributed by atoms with E-state index in [9.17, 15) is 17.8 Å². The molecule has 146 valence electrons. The first kappa shape index (κ1) is 20.6. The summed E-state index contributed by atoms with van der Waals surface area (Å²) in [6, 6.07) is -0.193. The number of hydrogen-bond donors (Lipinski definition) is 1. The summed E-state index contributed by atoms with van der Waals surface area (Å²) in [4.78, 5) is 11.9. The largest absolute Gasteiger partial charge is 0.444 e. The first-order valence-electron chi connectivity index (χ1n) is 8.75. The quantitative estimate of drug-likeness (QED) is 0.796. The van der Waals surface area contributed by atoms with Gasteiger partial charge in [-0.3, -0.25) is 0 Å². The number of alkyl carbamates (subject to hydrolysis) is 1. The summed E-state index contributed by atoms with van der Waals surface area (Å²) >= 11 is 0. The average molecular weight is 381 g/mol. The van der Waals surface area contributed by atoms with E-state index in [0.717, 1.165) is 0 Å². The van der Waals surface area contributed by atoms with Crippen LogP contribution >= 0.6 is 0 Å². The van der Waals surface area contributed by atoms with E-state index >= 15 is 0 Å². The summed E-state index contributed by atoms with van der Waals surface area (Å²) < 4.78 is 47.6. The molecule has 0 aromatic heterocycles. The topological polar surface area (TPSA) is 58.6 Å². The second-order valence-electron chi connectivity index (χ2n) is 9.05. The van der Waals surface area contributed by atoms with Gasteiger partial charge in [0.15, 0.2) is 0 Å². The normalized spacial score (nSPS) is 31.3. The molecule has 2 aliphatic rings. The highest BCUT2D eigenvalue weighted by atomic mass is 32.2. The zero-order valence-corrected chi connectivity index (χ0v) is 16.8. The zero-order valence-electron chi connectivity index (χ0n) is 15.9. The first-order chi connectivity index (χ1) is 11.2. The minimum Gasteiger partial charge on any atom is -0.444 e. The van der Waals surface area contributed by atoms with E-state index < -0.39 is 45.4 Å². The standard InChI is InChI=1S/C17H30F2N2O3S/c1-14(2,3)24-13(22)20-12-7-9-16(10-8-12)17(18,19)11-21(16)25(23)15(4,5)6/h12H,7-11H2,1-6H3,(H,20,22). The second kappa shape index (κ2) is 6.44. The van der Waals surface area contributed by atoms with Crippen molar-refractivity contribution in [2.24, 2.45) is 0 Å². The lowest BCUT2D eigenvalue weighted by atomic mass is 9.70. The maximum atomic E-state index is 14.4. The summed E-state index contributed by atoms with van der Waals surface area (Å²) in [6.07, 6.45) is 0.744. The molecule has 25 heavy (non-hydrogen) atoms. The van der Waals surface area contributed by atoms with E-state index in [2.05, 4.69) is 5.32 Å². The van der Waals surface area contributed by atoms with Crippen LogP contribution in [0.25, 0.3) is 0 Å². The van der Waals surface area contributed by atoms with Gasteiger partial charge in [-0.25, -0.2) is 22.1 Å². The molecule has 1 saturated heterocycles. The smallest absolute Gasteiger partial charge is 0.407 e. The highest BCUT2D eigenvalue weighted by Gasteiger charge is 2.69. The SMILES string of the molecule is CC(C)(C)OC(=O)NC1CCC2(CC1)N(S(=O)C(C)(C)C)CC2(F)F. The van der Waals surface area contributed by atoms with Gasteiger partial charge in [-0.15, -0.1) is 0 Å². The van der Waals surface area contributed by atoms with Crippen molar-refractivity contribution in [2.45, 2.75) is 95.1 Å². The molecular formula is C17H30F2N2O3S. The third-order valence-corrected chi connectivity index (χ3v) is 6.68. The Hall–Kier alpha value is -0.760. The summed E-state index contributed by atoms with van der Waals surface area (Å²) in [5, 5.41) is 2.76. The van der Waals surface area contributed by atoms with Gasteiger partial charge in [0.1, 0.15) is 16.6 Å². The molecule has 1 amide bonds. The highest BCUT2D eigenvalue weighted by Crippen LogP contribution is 2.54. The minimum absolute atomic E-state index is 0.193. The maximum Gasteiger partial charge on any atom is 0.407 e. The fraction of sp³-hybridized carbons (Fsp3) is 0.941. The van der Waals surface area contributed by atoms with Crippen molar-refractivity contribution < 1.29 is 22.5 Å². The van der Waals surface area contributed by atoms with Gasteiger partial charge in [-0.2, -0.15) is 0 Å². The van der Waals surface area contributed by atoms with Gasteiger partial charge in [-0.1, -0.05) is 0 Å². The van der Waals surface area contributed by atoms with Gasteiger partial charge >= 0.3 is 6.09 Å². The van der Waals surface area contributed by atoms with Crippen LogP contribution in [-0.4, -0.2) is 49.0 Å². The summed E-state index contributed by atoms with van der Waals surface area (Å²) in [5.41, 5.74) is -1.95. The third kappa shape index (κ3) is 4.15. The Labute approximate surface area is 151 Å². The van der Waals surface area contributed by atoms with Gasteiger partial charge in [0, 0.05) is 6.04 Å². The molecule has 1 atom stereocenters. The Bertz CT molecular complexity index is 547. The number of nitrogens with one attached hydrogen (secondary N) is 1. The molecule has 0 radical (unpaired) electrons. The number of ether oxygens (including phenoxy) is 1. The molecule has 2 rings (SSSR count). The molecular weight excluding hydrogens is 350 g/mol. The second-order valence-corrected chi connectivity index (χ2v) is 11.2. The number of hydrogen-bond acceptors (Lipinski definition) is 3. The molecule has 1 heterocycles. The van der Waals surface area contributed by atoms with Crippen molar-refractivity contribution in [2.75, 3.05) is 6.54 Å². The van der Waals surface area contributed by atoms with E-state index in [1.54, 1.807) is 41.5 Å². The lowest BCUT2D eigenvalue weighted by Gasteiger charge is -2.60. The molecule has 1 aliphatic heterocycles. The molecule has 5 nitrogen and oxygen atoms in total. The van der Waals surface area contributed by atoms with E-state index in [1.165, 1.54) is 4.31 Å². The van der Waals surface area contributed by atoms with Crippen molar-refractivity contribution in [1.82, 2.24) is 9.62 Å². The number of nitrogens with zero attached hydrogens (tertiary/aromatic N) is 1. The molecule has 1 unspecified atom stereocenters. The fourth-order valence-electron chi connectivity index (χ4n) is 3.45. The summed E-state index contributed by atoms with van der Waals surface area (Å²) in [6.45, 7) is 10.3. The van der Waals surface area contributed by atoms with Crippen LogP contribution in [0.3, 0.4) is 0 Å². The Morgan fingerprint density at radius 2 is 1.68 bits per heavy atom. The number of amides is 1. The number of rotatable bonds is 2. The van der Waals surface area contributed by atoms with E-state index in [1.807, 2.05) is 0 Å². The Balaban J connectivity index is 2.01. The van der Waals surface area contributed by atoms with Gasteiger partial charge in [0.05, 0.1) is 16.8 Å². The summed E-state index contributed by atoms with van der Waals surface area (Å²) in [5.74, 6) is -2.84. The number of carbonyl (C=O) groups is 1. The van der Waals surface area contributed by atoms with Crippen LogP contribution in [0, 0.1) is 0 Å². The molecule has 1 spiro atoms. The monoisotopic (exact) mass is 380 g/mol. The van der Waals surface area contributed by atoms with Crippen molar-refractivity contribution in [3.05, 3.63) is 0 Å². The van der Waals surface area contributed by atoms with Crippen LogP contribution in [0.15, 0.2) is 0 Å². The van der Waals surface area contributed by atoms with Crippen molar-refractivity contribution >= 4 is 17.1 Å². The maximum absolute atomic E-state index is 14.4. The van der Waals surface area contributed by atoms with Crippen LogP contribution in [0.2, 0.25) is 0 Å². The van der Waals surface area contributed by atoms with Crippen LogP contribution in [0.4, 0.5) is 13.6 Å². The van der Waals surface area contributed by atoms with Gasteiger partial charge < -0.3 is 10.1 Å². The Morgan fingerprint density at radius 3 is 2.08 bits per heavy atom. The molecule has 0 aromatic rings. The highest BCUT2D eigenvalue weighted by molar-refractivity contribution is 7.84. The van der Waals surface area contributed by atoms with Crippen molar-refractivity contribution in [3.8, 4) is 0 Å². The third-order valence-electron chi connectivity index (χ3n) is 4.76. The predicted molar refractivity (Wildman–Crippen MR) is 93.9 cm³/mol. The fourth-order valence-corrected chi connectivity index (χ4v) is 5.02. The number of alkyl halides is 2. The minimum atomic E-state index is -2.84. The molecule has 1 saturated carbocycles. The van der Waals surface area contributed by atoms with Crippen LogP contribution in [0.1, 0.15) is 67.2 Å². The zero-order chi connectivity index (χ0) is 19.3. The van der Waals surface area contributed by atoms with E-state index in [4.69, 9.17) is 4.74 Å². The van der Waals surface area contributed by atoms with Crippen LogP contribution in [-0.2, 0) is 15.7 Å². The number of halogens is 2. The van der Waals surface area contributed by atoms with Gasteiger partial charge in [0.2, 0.25) is 0 Å². The van der Waals surface area contributed by atoms with Crippen molar-refractivity contribution in [1.29, 1.82) is 0 Å². The van der Waals surface area contributed by atoms with E-state index in [-0.39, 0.29) is 18.9 Å². The molecule has 1 N–H and O–H groups in total. The first-order valence-corrected chi connectivity index (χ1v) is 9.86. The Kier molecular flexibility index (Phi) is 5.30. The average Bonchev–Trinajstić information content (AvgIpc) is 2.41. The van der Waals surface area contributed by atoms with E-state index in [0.29, 0.717) is 12.8 Å². The predicted octanol–water partition coefficient (Wildman–Crippen LogP) is 3.61. The molecule has 0 bridgehead atoms. The van der Waals surface area contributed by atoms with Gasteiger partial charge in [0.25, 0.3) is 5.92 Å². The van der Waals surface area contributed by atoms with Gasteiger partial charge in [-0.05, 0) is 67.2 Å². The number of carbonyl (C=O) groups excluding carboxylic acids is 1. The molecule has 8 heteroatoms. The van der Waals surface area contributed by atoms with Crippen LogP contribution in [0.5, 0.6) is 0 Å². The molecule has 2 fully saturated rings. The van der Waals surface area contributed by atoms with Crippen LogP contribution < -0.4 is 5.32 Å².